The summed E-state index contributed by atoms with van der Waals surface area (Å²) < 4.78 is 5.15. The lowest BCUT2D eigenvalue weighted by Crippen LogP contribution is -2.43. The first-order valence-corrected chi connectivity index (χ1v) is 9.58. The maximum absolute atomic E-state index is 13.1. The van der Waals surface area contributed by atoms with Gasteiger partial charge in [0.25, 0.3) is 0 Å². The van der Waals surface area contributed by atoms with Gasteiger partial charge in [-0.3, -0.25) is 9.78 Å². The molecule has 1 atom stereocenters. The van der Waals surface area contributed by atoms with Crippen LogP contribution in [-0.4, -0.2) is 53.3 Å². The van der Waals surface area contributed by atoms with Crippen LogP contribution in [-0.2, 0) is 4.79 Å². The molecule has 1 aromatic rings. The fourth-order valence-corrected chi connectivity index (χ4v) is 3.47. The summed E-state index contributed by atoms with van der Waals surface area (Å²) in [5.74, 6) is 1.31. The summed E-state index contributed by atoms with van der Waals surface area (Å²) >= 11 is 0. The summed E-state index contributed by atoms with van der Waals surface area (Å²) in [4.78, 5) is 23.8. The highest BCUT2D eigenvalue weighted by Gasteiger charge is 2.34. The maximum Gasteiger partial charge on any atom is 0.246 e. The molecule has 0 spiro atoms. The van der Waals surface area contributed by atoms with Crippen molar-refractivity contribution in [2.24, 2.45) is 11.0 Å². The van der Waals surface area contributed by atoms with Crippen molar-refractivity contribution >= 4 is 17.9 Å². The van der Waals surface area contributed by atoms with Crippen molar-refractivity contribution in [3.8, 4) is 5.88 Å². The van der Waals surface area contributed by atoms with Crippen LogP contribution in [0.15, 0.2) is 54.0 Å². The van der Waals surface area contributed by atoms with Gasteiger partial charge in [0.1, 0.15) is 0 Å². The number of anilines is 1. The van der Waals surface area contributed by atoms with Crippen molar-refractivity contribution in [1.29, 1.82) is 0 Å². The summed E-state index contributed by atoms with van der Waals surface area (Å²) in [5, 5.41) is 5.95. The number of hydrogen-bond donors (Lipinski definition) is 0. The third-order valence-corrected chi connectivity index (χ3v) is 5.07. The zero-order valence-corrected chi connectivity index (χ0v) is 16.5. The van der Waals surface area contributed by atoms with E-state index in [1.807, 2.05) is 31.2 Å². The first kappa shape index (κ1) is 19.8. The second-order valence-corrected chi connectivity index (χ2v) is 6.87. The first-order chi connectivity index (χ1) is 13.6. The van der Waals surface area contributed by atoms with Crippen molar-refractivity contribution in [2.45, 2.75) is 32.2 Å². The fraction of sp³-hybridized carbons (Fsp3) is 0.429. The Bertz CT molecular complexity index is 794. The summed E-state index contributed by atoms with van der Waals surface area (Å²) in [7, 11) is 1.58. The number of hydrogen-bond acceptors (Lipinski definition) is 6. The van der Waals surface area contributed by atoms with Gasteiger partial charge in [-0.1, -0.05) is 30.9 Å². The molecule has 0 aromatic carbocycles. The molecule has 2 aliphatic heterocycles. The van der Waals surface area contributed by atoms with Gasteiger partial charge >= 0.3 is 0 Å². The fourth-order valence-electron chi connectivity index (χ4n) is 3.47. The third kappa shape index (κ3) is 4.47. The Kier molecular flexibility index (Phi) is 6.57. The van der Waals surface area contributed by atoms with Crippen molar-refractivity contribution in [1.82, 2.24) is 15.0 Å². The molecular weight excluding hydrogens is 354 g/mol. The van der Waals surface area contributed by atoms with Gasteiger partial charge in [-0.2, -0.15) is 10.1 Å². The Balaban J connectivity index is 1.59. The molecule has 7 nitrogen and oxygen atoms in total. The molecule has 0 radical (unpaired) electrons. The maximum atomic E-state index is 13.1. The number of nitrogens with zero attached hydrogens (tertiary/aromatic N) is 5. The van der Waals surface area contributed by atoms with Crippen LogP contribution in [0.5, 0.6) is 5.88 Å². The summed E-state index contributed by atoms with van der Waals surface area (Å²) in [6.45, 7) is 7.59. The molecule has 28 heavy (non-hydrogen) atoms. The predicted molar refractivity (Wildman–Crippen MR) is 110 cm³/mol. The second-order valence-electron chi connectivity index (χ2n) is 6.87. The molecule has 0 saturated carbocycles. The first-order valence-electron chi connectivity index (χ1n) is 9.58. The number of hydrazone groups is 1. The second kappa shape index (κ2) is 9.30. The molecule has 0 unspecified atom stereocenters. The lowest BCUT2D eigenvalue weighted by atomic mass is 9.94. The van der Waals surface area contributed by atoms with Gasteiger partial charge in [0.2, 0.25) is 11.8 Å². The van der Waals surface area contributed by atoms with E-state index in [-0.39, 0.29) is 17.9 Å². The number of allylic oxidation sites excluding steroid dienone is 3. The van der Waals surface area contributed by atoms with Gasteiger partial charge in [-0.25, -0.2) is 5.01 Å². The molecule has 1 saturated heterocycles. The normalized spacial score (nSPS) is 20.4. The molecule has 2 aliphatic rings. The average Bonchev–Trinajstić information content (AvgIpc) is 3.23. The van der Waals surface area contributed by atoms with E-state index in [1.54, 1.807) is 30.7 Å². The van der Waals surface area contributed by atoms with E-state index in [9.17, 15) is 4.79 Å². The minimum Gasteiger partial charge on any atom is -0.480 e. The Hall–Kier alpha value is -2.96. The van der Waals surface area contributed by atoms with Crippen LogP contribution in [0.1, 0.15) is 26.2 Å². The molecule has 148 valence electrons. The van der Waals surface area contributed by atoms with Crippen LogP contribution in [0, 0.1) is 5.92 Å². The van der Waals surface area contributed by atoms with Gasteiger partial charge in [0.15, 0.2) is 5.82 Å². The molecule has 3 heterocycles. The highest BCUT2D eigenvalue weighted by Crippen LogP contribution is 2.28. The van der Waals surface area contributed by atoms with Gasteiger partial charge in [-0.15, -0.1) is 0 Å². The average molecular weight is 381 g/mol. The van der Waals surface area contributed by atoms with E-state index < -0.39 is 0 Å². The number of carbonyl (C=O) groups is 1. The molecule has 0 bridgehead atoms. The van der Waals surface area contributed by atoms with Crippen molar-refractivity contribution in [3.63, 3.8) is 0 Å². The summed E-state index contributed by atoms with van der Waals surface area (Å²) in [6, 6.07) is -0.0868. The lowest BCUT2D eigenvalue weighted by molar-refractivity contribution is -0.137. The topological polar surface area (TPSA) is 70.9 Å². The molecule has 0 N–H and O–H groups in total. The number of rotatable bonds is 6. The Morgan fingerprint density at radius 2 is 2.07 bits per heavy atom. The van der Waals surface area contributed by atoms with E-state index in [4.69, 9.17) is 4.74 Å². The lowest BCUT2D eigenvalue weighted by Gasteiger charge is -2.34. The summed E-state index contributed by atoms with van der Waals surface area (Å²) in [5.41, 5.74) is 0.896. The molecule has 1 fully saturated rings. The van der Waals surface area contributed by atoms with Crippen LogP contribution in [0.4, 0.5) is 5.82 Å². The van der Waals surface area contributed by atoms with Gasteiger partial charge < -0.3 is 9.64 Å². The van der Waals surface area contributed by atoms with Crippen LogP contribution in [0.3, 0.4) is 0 Å². The number of amides is 1. The minimum atomic E-state index is -0.0868. The van der Waals surface area contributed by atoms with Crippen molar-refractivity contribution in [3.05, 3.63) is 48.8 Å². The monoisotopic (exact) mass is 381 g/mol. The Morgan fingerprint density at radius 1 is 1.29 bits per heavy atom. The molecular formula is C21H27N5O2. The van der Waals surface area contributed by atoms with E-state index in [0.29, 0.717) is 12.3 Å². The Labute approximate surface area is 166 Å². The van der Waals surface area contributed by atoms with Gasteiger partial charge in [-0.05, 0) is 25.3 Å². The highest BCUT2D eigenvalue weighted by atomic mass is 16.5. The van der Waals surface area contributed by atoms with Crippen molar-refractivity contribution < 1.29 is 9.53 Å². The number of ether oxygens (including phenoxy) is 1. The Morgan fingerprint density at radius 3 is 2.79 bits per heavy atom. The van der Waals surface area contributed by atoms with E-state index in [2.05, 4.69) is 26.5 Å². The van der Waals surface area contributed by atoms with Crippen LogP contribution < -0.4 is 9.64 Å². The van der Waals surface area contributed by atoms with Crippen LogP contribution in [0.25, 0.3) is 0 Å². The molecule has 1 aromatic heterocycles. The SMILES string of the molecule is C=C(/C=C\C=C/C)[C@@H]1CC=NN1C(=O)C1CCN(c2cncc(OC)n2)CC1. The third-order valence-electron chi connectivity index (χ3n) is 5.07. The van der Waals surface area contributed by atoms with Gasteiger partial charge in [0, 0.05) is 31.6 Å². The summed E-state index contributed by atoms with van der Waals surface area (Å²) in [6.07, 6.45) is 15.1. The quantitative estimate of drug-likeness (QED) is 0.709. The van der Waals surface area contributed by atoms with E-state index in [1.165, 1.54) is 0 Å². The predicted octanol–water partition coefficient (Wildman–Crippen LogP) is 2.98. The largest absolute Gasteiger partial charge is 0.480 e. The molecule has 1 amide bonds. The zero-order chi connectivity index (χ0) is 19.9. The van der Waals surface area contributed by atoms with Crippen LogP contribution in [0.2, 0.25) is 0 Å². The van der Waals surface area contributed by atoms with E-state index in [0.717, 1.165) is 37.3 Å². The number of methoxy groups -OCH3 is 1. The number of aromatic nitrogens is 2. The standard InChI is InChI=1S/C21H27N5O2/c1-4-5-6-7-16(2)18-8-11-23-26(18)21(27)17-9-12-25(13-10-17)19-14-22-15-20(24-19)28-3/h4-7,11,14-15,17-18H,2,8-10,12-13H2,1,3H3/b5-4-,7-6-/t18-/m0/s1. The van der Waals surface area contributed by atoms with Gasteiger partial charge in [0.05, 0.1) is 25.5 Å². The smallest absolute Gasteiger partial charge is 0.246 e. The molecule has 0 aliphatic carbocycles. The number of carbonyl (C=O) groups excluding carboxylic acids is 1. The molecule has 3 rings (SSSR count). The van der Waals surface area contributed by atoms with Crippen LogP contribution >= 0.6 is 0 Å². The number of piperidine rings is 1. The van der Waals surface area contributed by atoms with Crippen molar-refractivity contribution in [2.75, 3.05) is 25.1 Å². The minimum absolute atomic E-state index is 0.0418. The zero-order valence-electron chi connectivity index (χ0n) is 16.5. The highest BCUT2D eigenvalue weighted by molar-refractivity contribution is 5.82. The molecule has 7 heteroatoms. The van der Waals surface area contributed by atoms with E-state index >= 15 is 0 Å².